The van der Waals surface area contributed by atoms with E-state index in [1.54, 1.807) is 12.3 Å². The molecule has 2 rings (SSSR count). The minimum absolute atomic E-state index is 0. The van der Waals surface area contributed by atoms with Crippen LogP contribution in [-0.4, -0.2) is 41.1 Å². The summed E-state index contributed by atoms with van der Waals surface area (Å²) in [5.41, 5.74) is 0.450. The predicted octanol–water partition coefficient (Wildman–Crippen LogP) is 1.93. The second kappa shape index (κ2) is 7.94. The van der Waals surface area contributed by atoms with Crippen LogP contribution in [0.5, 0.6) is 0 Å². The molecule has 1 saturated heterocycles. The summed E-state index contributed by atoms with van der Waals surface area (Å²) in [6, 6.07) is 0. The Hall–Kier alpha value is -0.670. The molecule has 1 aliphatic heterocycles. The average molecular weight is 383 g/mol. The molecule has 0 amide bonds. The molecule has 2 N–H and O–H groups in total. The Morgan fingerprint density at radius 1 is 1.52 bits per heavy atom. The highest BCUT2D eigenvalue weighted by Crippen LogP contribution is 2.29. The summed E-state index contributed by atoms with van der Waals surface area (Å²) in [6.45, 7) is 5.84. The highest BCUT2D eigenvalue weighted by Gasteiger charge is 2.32. The van der Waals surface area contributed by atoms with Gasteiger partial charge in [0.15, 0.2) is 0 Å². The first kappa shape index (κ1) is 20.4. The number of nitrogens with one attached hydrogen (secondary N) is 2. The Bertz CT molecular complexity index is 652. The SMILES string of the molecule is COC(=O)c1scc(C)c1S(=O)(=O)NCC1(C)CCCNC1.Cl. The molecule has 0 bridgehead atoms. The van der Waals surface area contributed by atoms with Crippen molar-refractivity contribution in [1.29, 1.82) is 0 Å². The van der Waals surface area contributed by atoms with E-state index in [1.807, 2.05) is 0 Å². The standard InChI is InChI=1S/C14H22N2O4S2.ClH/c1-10-7-21-11(13(17)20-3)12(10)22(18,19)16-9-14(2)5-4-6-15-8-14;/h7,15-16H,4-6,8-9H2,1-3H3;1H. The van der Waals surface area contributed by atoms with Gasteiger partial charge in [0.2, 0.25) is 10.0 Å². The van der Waals surface area contributed by atoms with Gasteiger partial charge in [-0.25, -0.2) is 17.9 Å². The second-order valence-electron chi connectivity index (χ2n) is 5.98. The number of ether oxygens (including phenoxy) is 1. The van der Waals surface area contributed by atoms with Crippen molar-refractivity contribution < 1.29 is 17.9 Å². The maximum Gasteiger partial charge on any atom is 0.349 e. The molecule has 0 saturated carbocycles. The Labute approximate surface area is 147 Å². The highest BCUT2D eigenvalue weighted by molar-refractivity contribution is 7.89. The van der Waals surface area contributed by atoms with Crippen molar-refractivity contribution in [2.45, 2.75) is 31.6 Å². The number of sulfonamides is 1. The number of hydrogen-bond acceptors (Lipinski definition) is 6. The molecule has 132 valence electrons. The highest BCUT2D eigenvalue weighted by atomic mass is 35.5. The van der Waals surface area contributed by atoms with E-state index in [-0.39, 0.29) is 27.6 Å². The number of hydrogen-bond donors (Lipinski definition) is 2. The van der Waals surface area contributed by atoms with Crippen LogP contribution in [0.25, 0.3) is 0 Å². The maximum atomic E-state index is 12.6. The summed E-state index contributed by atoms with van der Waals surface area (Å²) < 4.78 is 32.5. The van der Waals surface area contributed by atoms with E-state index in [2.05, 4.69) is 21.7 Å². The van der Waals surface area contributed by atoms with E-state index >= 15 is 0 Å². The Morgan fingerprint density at radius 3 is 2.78 bits per heavy atom. The summed E-state index contributed by atoms with van der Waals surface area (Å²) >= 11 is 1.09. The van der Waals surface area contributed by atoms with Crippen molar-refractivity contribution in [2.75, 3.05) is 26.7 Å². The lowest BCUT2D eigenvalue weighted by Gasteiger charge is -2.34. The zero-order valence-electron chi connectivity index (χ0n) is 13.5. The summed E-state index contributed by atoms with van der Waals surface area (Å²) in [7, 11) is -2.49. The maximum absolute atomic E-state index is 12.6. The van der Waals surface area contributed by atoms with Crippen molar-refractivity contribution >= 4 is 39.7 Å². The molecule has 23 heavy (non-hydrogen) atoms. The van der Waals surface area contributed by atoms with Gasteiger partial charge in [-0.15, -0.1) is 23.7 Å². The Kier molecular flexibility index (Phi) is 7.03. The lowest BCUT2D eigenvalue weighted by molar-refractivity contribution is 0.0602. The van der Waals surface area contributed by atoms with Gasteiger partial charge in [-0.05, 0) is 42.7 Å². The fourth-order valence-electron chi connectivity index (χ4n) is 2.61. The number of halogens is 1. The molecule has 1 atom stereocenters. The van der Waals surface area contributed by atoms with E-state index in [9.17, 15) is 13.2 Å². The smallest absolute Gasteiger partial charge is 0.349 e. The average Bonchev–Trinajstić information content (AvgIpc) is 2.88. The number of piperidine rings is 1. The quantitative estimate of drug-likeness (QED) is 0.760. The molecule has 1 aromatic heterocycles. The van der Waals surface area contributed by atoms with E-state index in [4.69, 9.17) is 0 Å². The first-order valence-electron chi connectivity index (χ1n) is 7.16. The Balaban J connectivity index is 0.00000264. The van der Waals surface area contributed by atoms with Gasteiger partial charge in [0.1, 0.15) is 9.77 Å². The molecule has 0 aliphatic carbocycles. The number of thiophene rings is 1. The van der Waals surface area contributed by atoms with E-state index < -0.39 is 16.0 Å². The monoisotopic (exact) mass is 382 g/mol. The number of rotatable bonds is 5. The summed E-state index contributed by atoms with van der Waals surface area (Å²) in [5.74, 6) is -0.621. The first-order chi connectivity index (χ1) is 10.3. The first-order valence-corrected chi connectivity index (χ1v) is 9.52. The lowest BCUT2D eigenvalue weighted by Crippen LogP contribution is -2.45. The molecule has 1 aliphatic rings. The third-order valence-electron chi connectivity index (χ3n) is 3.93. The van der Waals surface area contributed by atoms with Gasteiger partial charge in [0, 0.05) is 13.1 Å². The van der Waals surface area contributed by atoms with E-state index in [0.29, 0.717) is 12.1 Å². The number of aryl methyl sites for hydroxylation is 1. The van der Waals surface area contributed by atoms with Gasteiger partial charge in [-0.3, -0.25) is 0 Å². The van der Waals surface area contributed by atoms with Gasteiger partial charge in [0.05, 0.1) is 7.11 Å². The largest absolute Gasteiger partial charge is 0.465 e. The molecular weight excluding hydrogens is 360 g/mol. The van der Waals surface area contributed by atoms with Crippen LogP contribution in [0.2, 0.25) is 0 Å². The summed E-state index contributed by atoms with van der Waals surface area (Å²) in [4.78, 5) is 11.9. The fraction of sp³-hybridized carbons (Fsp3) is 0.643. The van der Waals surface area contributed by atoms with Gasteiger partial charge in [-0.1, -0.05) is 6.92 Å². The summed E-state index contributed by atoms with van der Waals surface area (Å²) in [6.07, 6.45) is 2.00. The van der Waals surface area contributed by atoms with Gasteiger partial charge < -0.3 is 10.1 Å². The van der Waals surface area contributed by atoms with Crippen molar-refractivity contribution in [3.63, 3.8) is 0 Å². The third kappa shape index (κ3) is 4.67. The molecule has 6 nitrogen and oxygen atoms in total. The van der Waals surface area contributed by atoms with Crippen molar-refractivity contribution in [3.8, 4) is 0 Å². The third-order valence-corrected chi connectivity index (χ3v) is 6.73. The van der Waals surface area contributed by atoms with Crippen molar-refractivity contribution in [2.24, 2.45) is 5.41 Å². The topological polar surface area (TPSA) is 84.5 Å². The molecule has 2 heterocycles. The van der Waals surface area contributed by atoms with Crippen LogP contribution in [0, 0.1) is 12.3 Å². The molecule has 1 aromatic rings. The van der Waals surface area contributed by atoms with Crippen LogP contribution in [0.15, 0.2) is 10.3 Å². The lowest BCUT2D eigenvalue weighted by atomic mass is 9.83. The zero-order chi connectivity index (χ0) is 16.4. The minimum atomic E-state index is -3.74. The van der Waals surface area contributed by atoms with Crippen LogP contribution >= 0.6 is 23.7 Å². The molecule has 0 aromatic carbocycles. The number of carbonyl (C=O) groups is 1. The number of carbonyl (C=O) groups excluding carboxylic acids is 1. The van der Waals surface area contributed by atoms with Gasteiger partial charge in [-0.2, -0.15) is 0 Å². The van der Waals surface area contributed by atoms with Crippen molar-refractivity contribution in [1.82, 2.24) is 10.0 Å². The Morgan fingerprint density at radius 2 is 2.22 bits per heavy atom. The minimum Gasteiger partial charge on any atom is -0.465 e. The van der Waals surface area contributed by atoms with Crippen LogP contribution in [0.3, 0.4) is 0 Å². The number of esters is 1. The van der Waals surface area contributed by atoms with Crippen LogP contribution in [0.1, 0.15) is 35.0 Å². The molecule has 0 spiro atoms. The normalized spacial score (nSPS) is 21.5. The van der Waals surface area contributed by atoms with Crippen molar-refractivity contribution in [3.05, 3.63) is 15.8 Å². The molecule has 0 radical (unpaired) electrons. The summed E-state index contributed by atoms with van der Waals surface area (Å²) in [5, 5.41) is 4.95. The zero-order valence-corrected chi connectivity index (χ0v) is 15.9. The van der Waals surface area contributed by atoms with Crippen LogP contribution < -0.4 is 10.0 Å². The van der Waals surface area contributed by atoms with Gasteiger partial charge in [0.25, 0.3) is 0 Å². The molecule has 9 heteroatoms. The molecular formula is C14H23ClN2O4S2. The second-order valence-corrected chi connectivity index (χ2v) is 8.57. The van der Waals surface area contributed by atoms with E-state index in [1.165, 1.54) is 7.11 Å². The predicted molar refractivity (Wildman–Crippen MR) is 93.0 cm³/mol. The number of methoxy groups -OCH3 is 1. The molecule has 1 fully saturated rings. The van der Waals surface area contributed by atoms with E-state index in [0.717, 1.165) is 37.3 Å². The van der Waals surface area contributed by atoms with Gasteiger partial charge >= 0.3 is 5.97 Å². The fourth-order valence-corrected chi connectivity index (χ4v) is 5.51. The van der Waals surface area contributed by atoms with Crippen LogP contribution in [0.4, 0.5) is 0 Å². The molecule has 1 unspecified atom stereocenters. The van der Waals surface area contributed by atoms with Crippen LogP contribution in [-0.2, 0) is 14.8 Å².